The van der Waals surface area contributed by atoms with Gasteiger partial charge in [0.15, 0.2) is 0 Å². The molecular formula is C14H29NO2. The van der Waals surface area contributed by atoms with Gasteiger partial charge in [-0.1, -0.05) is 27.2 Å². The van der Waals surface area contributed by atoms with Gasteiger partial charge in [-0.2, -0.15) is 0 Å². The van der Waals surface area contributed by atoms with Crippen molar-refractivity contribution < 1.29 is 9.47 Å². The molecule has 0 spiro atoms. The molecule has 0 radical (unpaired) electrons. The van der Waals surface area contributed by atoms with E-state index < -0.39 is 0 Å². The molecule has 0 aromatic carbocycles. The summed E-state index contributed by atoms with van der Waals surface area (Å²) >= 11 is 0. The van der Waals surface area contributed by atoms with Crippen LogP contribution in [-0.2, 0) is 9.47 Å². The first-order chi connectivity index (χ1) is 8.19. The van der Waals surface area contributed by atoms with Gasteiger partial charge in [-0.25, -0.2) is 0 Å². The molecule has 3 heteroatoms. The lowest BCUT2D eigenvalue weighted by Crippen LogP contribution is -2.61. The first-order valence-corrected chi connectivity index (χ1v) is 7.05. The molecule has 0 aliphatic heterocycles. The second kappa shape index (κ2) is 7.34. The van der Waals surface area contributed by atoms with Gasteiger partial charge in [0.25, 0.3) is 0 Å². The van der Waals surface area contributed by atoms with Crippen LogP contribution in [0, 0.1) is 5.41 Å². The van der Waals surface area contributed by atoms with Gasteiger partial charge >= 0.3 is 0 Å². The number of ether oxygens (including phenoxy) is 2. The molecule has 0 saturated heterocycles. The van der Waals surface area contributed by atoms with Crippen LogP contribution in [0.5, 0.6) is 0 Å². The van der Waals surface area contributed by atoms with E-state index >= 15 is 0 Å². The SMILES string of the molecule is CCCCOCCOC1CC(NC)C1(C)CC. The molecule has 0 aromatic rings. The van der Waals surface area contributed by atoms with Gasteiger partial charge in [0, 0.05) is 18.1 Å². The fourth-order valence-corrected chi connectivity index (χ4v) is 2.59. The normalized spacial score (nSPS) is 32.5. The van der Waals surface area contributed by atoms with E-state index in [1.165, 1.54) is 12.8 Å². The van der Waals surface area contributed by atoms with Gasteiger partial charge < -0.3 is 14.8 Å². The van der Waals surface area contributed by atoms with Crippen molar-refractivity contribution in [3.05, 3.63) is 0 Å². The molecule has 1 aliphatic rings. The van der Waals surface area contributed by atoms with Crippen LogP contribution in [-0.4, -0.2) is 39.0 Å². The van der Waals surface area contributed by atoms with Crippen LogP contribution in [0.1, 0.15) is 46.5 Å². The van der Waals surface area contributed by atoms with Gasteiger partial charge in [-0.15, -0.1) is 0 Å². The van der Waals surface area contributed by atoms with E-state index in [1.54, 1.807) is 0 Å². The zero-order valence-corrected chi connectivity index (χ0v) is 11.9. The first kappa shape index (κ1) is 14.9. The molecule has 0 aromatic heterocycles. The molecule has 1 saturated carbocycles. The summed E-state index contributed by atoms with van der Waals surface area (Å²) in [5, 5.41) is 3.38. The lowest BCUT2D eigenvalue weighted by atomic mass is 9.61. The molecule has 1 N–H and O–H groups in total. The largest absolute Gasteiger partial charge is 0.379 e. The predicted octanol–water partition coefficient (Wildman–Crippen LogP) is 2.60. The minimum absolute atomic E-state index is 0.304. The van der Waals surface area contributed by atoms with E-state index in [4.69, 9.17) is 9.47 Å². The molecule has 0 bridgehead atoms. The maximum absolute atomic E-state index is 5.93. The van der Waals surface area contributed by atoms with Crippen molar-refractivity contribution >= 4 is 0 Å². The minimum Gasteiger partial charge on any atom is -0.379 e. The number of hydrogen-bond acceptors (Lipinski definition) is 3. The van der Waals surface area contributed by atoms with Gasteiger partial charge in [-0.05, 0) is 26.3 Å². The Bertz CT molecular complexity index is 210. The molecule has 102 valence electrons. The van der Waals surface area contributed by atoms with Crippen molar-refractivity contribution in [3.63, 3.8) is 0 Å². The lowest BCUT2D eigenvalue weighted by molar-refractivity contribution is -0.135. The summed E-state index contributed by atoms with van der Waals surface area (Å²) < 4.78 is 11.4. The van der Waals surface area contributed by atoms with Gasteiger partial charge in [-0.3, -0.25) is 0 Å². The van der Waals surface area contributed by atoms with Crippen molar-refractivity contribution in [2.75, 3.05) is 26.9 Å². The van der Waals surface area contributed by atoms with Crippen LogP contribution in [0.25, 0.3) is 0 Å². The van der Waals surface area contributed by atoms with E-state index in [0.29, 0.717) is 17.6 Å². The summed E-state index contributed by atoms with van der Waals surface area (Å²) in [7, 11) is 2.04. The molecule has 0 heterocycles. The topological polar surface area (TPSA) is 30.5 Å². The minimum atomic E-state index is 0.304. The second-order valence-corrected chi connectivity index (χ2v) is 5.26. The molecule has 17 heavy (non-hydrogen) atoms. The average Bonchev–Trinajstić information content (AvgIpc) is 2.35. The Morgan fingerprint density at radius 1 is 1.24 bits per heavy atom. The van der Waals surface area contributed by atoms with Crippen LogP contribution in [0.15, 0.2) is 0 Å². The standard InChI is InChI=1S/C14H29NO2/c1-5-7-8-16-9-10-17-13-11-12(15-4)14(13,3)6-2/h12-13,15H,5-11H2,1-4H3. The summed E-state index contributed by atoms with van der Waals surface area (Å²) in [5.74, 6) is 0. The Morgan fingerprint density at radius 3 is 2.59 bits per heavy atom. The van der Waals surface area contributed by atoms with E-state index in [0.717, 1.165) is 32.7 Å². The molecular weight excluding hydrogens is 214 g/mol. The summed E-state index contributed by atoms with van der Waals surface area (Å²) in [6.45, 7) is 9.09. The van der Waals surface area contributed by atoms with E-state index in [1.807, 2.05) is 7.05 Å². The van der Waals surface area contributed by atoms with Gasteiger partial charge in [0.05, 0.1) is 19.3 Å². The highest BCUT2D eigenvalue weighted by Crippen LogP contribution is 2.45. The van der Waals surface area contributed by atoms with E-state index in [9.17, 15) is 0 Å². The molecule has 3 atom stereocenters. The Morgan fingerprint density at radius 2 is 2.00 bits per heavy atom. The zero-order chi connectivity index (χ0) is 12.7. The van der Waals surface area contributed by atoms with Crippen LogP contribution < -0.4 is 5.32 Å². The first-order valence-electron chi connectivity index (χ1n) is 7.05. The third kappa shape index (κ3) is 3.67. The summed E-state index contributed by atoms with van der Waals surface area (Å²) in [5.41, 5.74) is 0.304. The van der Waals surface area contributed by atoms with Gasteiger partial charge in [0.2, 0.25) is 0 Å². The van der Waals surface area contributed by atoms with Crippen LogP contribution in [0.4, 0.5) is 0 Å². The fourth-order valence-electron chi connectivity index (χ4n) is 2.59. The molecule has 0 amide bonds. The van der Waals surface area contributed by atoms with Crippen molar-refractivity contribution in [2.45, 2.75) is 58.6 Å². The van der Waals surface area contributed by atoms with Gasteiger partial charge in [0.1, 0.15) is 0 Å². The average molecular weight is 243 g/mol. The Labute approximate surface area is 106 Å². The zero-order valence-electron chi connectivity index (χ0n) is 11.9. The number of rotatable bonds is 9. The molecule has 1 rings (SSSR count). The number of hydrogen-bond donors (Lipinski definition) is 1. The van der Waals surface area contributed by atoms with E-state index in [-0.39, 0.29) is 0 Å². The fraction of sp³-hybridized carbons (Fsp3) is 1.00. The number of unbranched alkanes of at least 4 members (excludes halogenated alkanes) is 1. The number of nitrogens with one attached hydrogen (secondary N) is 1. The third-order valence-electron chi connectivity index (χ3n) is 4.28. The monoisotopic (exact) mass is 243 g/mol. The third-order valence-corrected chi connectivity index (χ3v) is 4.28. The summed E-state index contributed by atoms with van der Waals surface area (Å²) in [4.78, 5) is 0. The van der Waals surface area contributed by atoms with Crippen LogP contribution in [0.2, 0.25) is 0 Å². The molecule has 1 fully saturated rings. The maximum atomic E-state index is 5.93. The predicted molar refractivity (Wildman–Crippen MR) is 71.3 cm³/mol. The quantitative estimate of drug-likeness (QED) is 0.631. The highest BCUT2D eigenvalue weighted by molar-refractivity contribution is 5.04. The molecule has 1 aliphatic carbocycles. The van der Waals surface area contributed by atoms with E-state index in [2.05, 4.69) is 26.1 Å². The Balaban J connectivity index is 2.12. The highest BCUT2D eigenvalue weighted by atomic mass is 16.5. The van der Waals surface area contributed by atoms with Crippen molar-refractivity contribution in [1.82, 2.24) is 5.32 Å². The van der Waals surface area contributed by atoms with Crippen LogP contribution in [0.3, 0.4) is 0 Å². The Kier molecular flexibility index (Phi) is 6.45. The summed E-state index contributed by atoms with van der Waals surface area (Å²) in [6, 6.07) is 0.610. The highest BCUT2D eigenvalue weighted by Gasteiger charge is 2.50. The van der Waals surface area contributed by atoms with Crippen LogP contribution >= 0.6 is 0 Å². The van der Waals surface area contributed by atoms with Crippen molar-refractivity contribution in [2.24, 2.45) is 5.41 Å². The Hall–Kier alpha value is -0.120. The second-order valence-electron chi connectivity index (χ2n) is 5.26. The lowest BCUT2D eigenvalue weighted by Gasteiger charge is -2.53. The molecule has 3 unspecified atom stereocenters. The maximum Gasteiger partial charge on any atom is 0.0704 e. The summed E-state index contributed by atoms with van der Waals surface area (Å²) in [6.07, 6.45) is 5.05. The van der Waals surface area contributed by atoms with Crippen molar-refractivity contribution in [1.29, 1.82) is 0 Å². The van der Waals surface area contributed by atoms with Crippen molar-refractivity contribution in [3.8, 4) is 0 Å². The molecule has 3 nitrogen and oxygen atoms in total. The smallest absolute Gasteiger partial charge is 0.0704 e.